The minimum Gasteiger partial charge on any atom is -0.376 e. The summed E-state index contributed by atoms with van der Waals surface area (Å²) in [6.07, 6.45) is 4.31. The van der Waals surface area contributed by atoms with Gasteiger partial charge in [-0.05, 0) is 29.9 Å². The lowest BCUT2D eigenvalue weighted by Crippen LogP contribution is -2.10. The van der Waals surface area contributed by atoms with Crippen LogP contribution in [0.4, 0.5) is 0 Å². The molecule has 0 saturated carbocycles. The Morgan fingerprint density at radius 2 is 2.00 bits per heavy atom. The number of hydrogen-bond acceptors (Lipinski definition) is 2. The van der Waals surface area contributed by atoms with Crippen LogP contribution in [0.15, 0.2) is 35.4 Å². The zero-order chi connectivity index (χ0) is 14.6. The predicted octanol–water partition coefficient (Wildman–Crippen LogP) is 5.10. The zero-order valence-corrected chi connectivity index (χ0v) is 12.5. The molecule has 2 atom stereocenters. The first kappa shape index (κ1) is 16.5. The molecule has 1 aromatic carbocycles. The monoisotopic (exact) mass is 275 g/mol. The summed E-state index contributed by atoms with van der Waals surface area (Å²) in [5.74, 6) is 0.594. The van der Waals surface area contributed by atoms with Crippen LogP contribution >= 0.6 is 0 Å². The molecule has 0 aliphatic heterocycles. The van der Waals surface area contributed by atoms with E-state index >= 15 is 0 Å². The van der Waals surface area contributed by atoms with Crippen LogP contribution in [0.5, 0.6) is 0 Å². The number of nitrogens with zero attached hydrogens (tertiary/aromatic N) is 3. The van der Waals surface area contributed by atoms with E-state index in [-0.39, 0.29) is 6.04 Å². The van der Waals surface area contributed by atoms with Crippen LogP contribution < -0.4 is 0 Å². The number of azide groups is 1. The highest BCUT2D eigenvalue weighted by Crippen LogP contribution is 2.16. The fourth-order valence-corrected chi connectivity index (χ4v) is 2.17. The Bertz CT molecular complexity index is 401. The predicted molar refractivity (Wildman–Crippen MR) is 82.3 cm³/mol. The second-order valence-corrected chi connectivity index (χ2v) is 5.26. The molecular formula is C16H25N3O. The van der Waals surface area contributed by atoms with Crippen molar-refractivity contribution in [3.8, 4) is 0 Å². The number of ether oxygens (including phenoxy) is 1. The maximum atomic E-state index is 8.35. The third kappa shape index (κ3) is 7.17. The molecule has 0 amide bonds. The van der Waals surface area contributed by atoms with E-state index in [1.54, 1.807) is 0 Å². The average molecular weight is 275 g/mol. The molecule has 4 nitrogen and oxygen atoms in total. The van der Waals surface area contributed by atoms with E-state index in [0.29, 0.717) is 12.5 Å². The van der Waals surface area contributed by atoms with Crippen LogP contribution in [0.25, 0.3) is 10.4 Å². The Morgan fingerprint density at radius 3 is 2.65 bits per heavy atom. The van der Waals surface area contributed by atoms with Crippen LogP contribution in [0, 0.1) is 5.92 Å². The van der Waals surface area contributed by atoms with Crippen LogP contribution in [-0.4, -0.2) is 12.6 Å². The molecule has 20 heavy (non-hydrogen) atoms. The minimum absolute atomic E-state index is 0.0998. The van der Waals surface area contributed by atoms with E-state index < -0.39 is 0 Å². The maximum absolute atomic E-state index is 8.35. The first-order chi connectivity index (χ1) is 9.76. The Balaban J connectivity index is 2.17. The molecule has 0 spiro atoms. The smallest absolute Gasteiger partial charge is 0.0717 e. The fourth-order valence-electron chi connectivity index (χ4n) is 2.17. The van der Waals surface area contributed by atoms with E-state index in [1.165, 1.54) is 5.56 Å². The van der Waals surface area contributed by atoms with Gasteiger partial charge < -0.3 is 4.74 Å². The molecule has 0 aromatic heterocycles. The van der Waals surface area contributed by atoms with Gasteiger partial charge in [-0.2, -0.15) is 0 Å². The average Bonchev–Trinajstić information content (AvgIpc) is 2.47. The highest BCUT2D eigenvalue weighted by molar-refractivity contribution is 5.13. The third-order valence-electron chi connectivity index (χ3n) is 3.53. The molecule has 0 saturated heterocycles. The van der Waals surface area contributed by atoms with Gasteiger partial charge in [0.2, 0.25) is 0 Å². The van der Waals surface area contributed by atoms with E-state index in [4.69, 9.17) is 10.3 Å². The van der Waals surface area contributed by atoms with Gasteiger partial charge in [-0.1, -0.05) is 62.1 Å². The molecule has 0 fully saturated rings. The van der Waals surface area contributed by atoms with E-state index in [1.807, 2.05) is 25.1 Å². The first-order valence-corrected chi connectivity index (χ1v) is 7.42. The lowest BCUT2D eigenvalue weighted by molar-refractivity contribution is 0.0817. The van der Waals surface area contributed by atoms with Crippen molar-refractivity contribution in [1.29, 1.82) is 0 Å². The second kappa shape index (κ2) is 10.3. The molecule has 4 heteroatoms. The largest absolute Gasteiger partial charge is 0.376 e. The van der Waals surface area contributed by atoms with Crippen LogP contribution in [-0.2, 0) is 11.3 Å². The van der Waals surface area contributed by atoms with Crippen molar-refractivity contribution in [3.05, 3.63) is 46.3 Å². The lowest BCUT2D eigenvalue weighted by atomic mass is 9.99. The number of hydrogen-bond donors (Lipinski definition) is 0. The van der Waals surface area contributed by atoms with Crippen LogP contribution in [0.1, 0.15) is 45.1 Å². The quantitative estimate of drug-likeness (QED) is 0.333. The Kier molecular flexibility index (Phi) is 8.52. The molecule has 0 N–H and O–H groups in total. The van der Waals surface area contributed by atoms with Gasteiger partial charge in [-0.3, -0.25) is 0 Å². The number of benzene rings is 1. The summed E-state index contributed by atoms with van der Waals surface area (Å²) in [4.78, 5) is 2.84. The third-order valence-corrected chi connectivity index (χ3v) is 3.53. The minimum atomic E-state index is 0.0998. The topological polar surface area (TPSA) is 58.0 Å². The van der Waals surface area contributed by atoms with Gasteiger partial charge >= 0.3 is 0 Å². The van der Waals surface area contributed by atoms with Crippen molar-refractivity contribution in [2.75, 3.05) is 6.61 Å². The molecule has 0 bridgehead atoms. The van der Waals surface area contributed by atoms with Gasteiger partial charge in [0.25, 0.3) is 0 Å². The van der Waals surface area contributed by atoms with Crippen molar-refractivity contribution in [2.45, 2.75) is 52.2 Å². The highest BCUT2D eigenvalue weighted by Gasteiger charge is 2.08. The number of rotatable bonds is 10. The second-order valence-electron chi connectivity index (χ2n) is 5.26. The normalized spacial score (nSPS) is 13.5. The molecule has 0 heterocycles. The molecule has 1 aromatic rings. The Hall–Kier alpha value is -1.51. The molecule has 2 unspecified atom stereocenters. The van der Waals surface area contributed by atoms with Crippen molar-refractivity contribution in [1.82, 2.24) is 0 Å². The van der Waals surface area contributed by atoms with Crippen LogP contribution in [0.3, 0.4) is 0 Å². The Morgan fingerprint density at radius 1 is 1.25 bits per heavy atom. The van der Waals surface area contributed by atoms with Gasteiger partial charge in [-0.15, -0.1) is 0 Å². The van der Waals surface area contributed by atoms with E-state index in [2.05, 4.69) is 29.1 Å². The van der Waals surface area contributed by atoms with Gasteiger partial charge in [0.05, 0.1) is 6.61 Å². The van der Waals surface area contributed by atoms with E-state index in [9.17, 15) is 0 Å². The first-order valence-electron chi connectivity index (χ1n) is 7.42. The van der Waals surface area contributed by atoms with Crippen molar-refractivity contribution in [2.24, 2.45) is 11.0 Å². The van der Waals surface area contributed by atoms with E-state index in [0.717, 1.165) is 32.3 Å². The summed E-state index contributed by atoms with van der Waals surface area (Å²) < 4.78 is 5.80. The standard InChI is InChI=1S/C16H25N3O/c1-3-15(11-7-8-14(2)18-19-17)12-20-13-16-9-5-4-6-10-16/h4-6,9-10,14-15H,3,7-8,11-13H2,1-2H3. The van der Waals surface area contributed by atoms with Crippen molar-refractivity contribution in [3.63, 3.8) is 0 Å². The molecule has 0 aliphatic carbocycles. The van der Waals surface area contributed by atoms with Crippen molar-refractivity contribution >= 4 is 0 Å². The van der Waals surface area contributed by atoms with Gasteiger partial charge in [0.1, 0.15) is 0 Å². The molecule has 110 valence electrons. The summed E-state index contributed by atoms with van der Waals surface area (Å²) in [5.41, 5.74) is 9.58. The summed E-state index contributed by atoms with van der Waals surface area (Å²) in [6.45, 7) is 5.66. The summed E-state index contributed by atoms with van der Waals surface area (Å²) in [7, 11) is 0. The lowest BCUT2D eigenvalue weighted by Gasteiger charge is -2.15. The summed E-state index contributed by atoms with van der Waals surface area (Å²) in [5, 5.41) is 3.70. The van der Waals surface area contributed by atoms with Gasteiger partial charge in [0.15, 0.2) is 0 Å². The SMILES string of the molecule is CCC(CCCC(C)N=[N+]=[N-])COCc1ccccc1. The molecule has 0 radical (unpaired) electrons. The van der Waals surface area contributed by atoms with Gasteiger partial charge in [-0.25, -0.2) is 0 Å². The maximum Gasteiger partial charge on any atom is 0.0717 e. The zero-order valence-electron chi connectivity index (χ0n) is 12.5. The fraction of sp³-hybridized carbons (Fsp3) is 0.625. The van der Waals surface area contributed by atoms with Crippen LogP contribution in [0.2, 0.25) is 0 Å². The molecule has 1 rings (SSSR count). The molecular weight excluding hydrogens is 250 g/mol. The van der Waals surface area contributed by atoms with Gasteiger partial charge in [0, 0.05) is 17.6 Å². The highest BCUT2D eigenvalue weighted by atomic mass is 16.5. The summed E-state index contributed by atoms with van der Waals surface area (Å²) in [6, 6.07) is 10.4. The molecule has 0 aliphatic rings. The Labute approximate surface area is 121 Å². The van der Waals surface area contributed by atoms with Crippen molar-refractivity contribution < 1.29 is 4.74 Å². The summed E-state index contributed by atoms with van der Waals surface area (Å²) >= 11 is 0.